The van der Waals surface area contributed by atoms with Crippen LogP contribution < -0.4 is 10.0 Å². The van der Waals surface area contributed by atoms with Gasteiger partial charge in [-0.05, 0) is 42.8 Å². The third-order valence-electron chi connectivity index (χ3n) is 3.10. The van der Waals surface area contributed by atoms with Crippen LogP contribution in [0, 0.1) is 12.7 Å². The molecule has 0 aliphatic heterocycles. The summed E-state index contributed by atoms with van der Waals surface area (Å²) in [4.78, 5) is 0.0381. The summed E-state index contributed by atoms with van der Waals surface area (Å²) in [5.41, 5.74) is 6.54. The number of aryl methyl sites for hydroxylation is 1. The lowest BCUT2D eigenvalue weighted by Gasteiger charge is -2.21. The second kappa shape index (κ2) is 5.54. The van der Waals surface area contributed by atoms with E-state index >= 15 is 0 Å². The average Bonchev–Trinajstić information content (AvgIpc) is 2.41. The van der Waals surface area contributed by atoms with Crippen molar-refractivity contribution in [1.29, 1.82) is 0 Å². The van der Waals surface area contributed by atoms with Gasteiger partial charge in [0.15, 0.2) is 0 Å². The van der Waals surface area contributed by atoms with Gasteiger partial charge >= 0.3 is 0 Å². The Morgan fingerprint density at radius 2 is 1.90 bits per heavy atom. The molecule has 0 aliphatic carbocycles. The quantitative estimate of drug-likeness (QED) is 0.880. The van der Waals surface area contributed by atoms with Crippen molar-refractivity contribution in [2.45, 2.75) is 11.8 Å². The number of benzene rings is 2. The van der Waals surface area contributed by atoms with Crippen LogP contribution in [0.15, 0.2) is 41.3 Å². The van der Waals surface area contributed by atoms with Crippen LogP contribution in [0.3, 0.4) is 0 Å². The van der Waals surface area contributed by atoms with Gasteiger partial charge in [0.2, 0.25) is 0 Å². The van der Waals surface area contributed by atoms with Crippen molar-refractivity contribution in [3.05, 3.63) is 52.8 Å². The summed E-state index contributed by atoms with van der Waals surface area (Å²) < 4.78 is 39.5. The molecule has 0 saturated heterocycles. The zero-order valence-electron chi connectivity index (χ0n) is 11.5. The molecule has 4 nitrogen and oxygen atoms in total. The van der Waals surface area contributed by atoms with Gasteiger partial charge in [0.25, 0.3) is 10.0 Å². The standard InChI is InChI=1S/C14H14ClFN2O2S/c1-9-6-12(15)13(17)8-14(9)21(19,20)18(2)11-5-3-4-10(16)7-11/h3-8H,17H2,1-2H3. The lowest BCUT2D eigenvalue weighted by Crippen LogP contribution is -2.27. The molecule has 2 aromatic carbocycles. The molecular formula is C14H14ClFN2O2S. The fourth-order valence-electron chi connectivity index (χ4n) is 1.90. The van der Waals surface area contributed by atoms with E-state index in [1.165, 1.54) is 37.4 Å². The Balaban J connectivity index is 2.54. The third kappa shape index (κ3) is 2.96. The number of nitrogens with zero attached hydrogens (tertiary/aromatic N) is 1. The van der Waals surface area contributed by atoms with E-state index < -0.39 is 15.8 Å². The van der Waals surface area contributed by atoms with E-state index in [-0.39, 0.29) is 16.3 Å². The molecule has 0 aliphatic rings. The number of hydrogen-bond acceptors (Lipinski definition) is 3. The second-order valence-corrected chi connectivity index (χ2v) is 6.94. The van der Waals surface area contributed by atoms with Gasteiger partial charge in [0.05, 0.1) is 21.3 Å². The molecule has 0 amide bonds. The van der Waals surface area contributed by atoms with Gasteiger partial charge in [-0.15, -0.1) is 0 Å². The van der Waals surface area contributed by atoms with E-state index in [1.807, 2.05) is 0 Å². The number of rotatable bonds is 3. The molecule has 0 saturated carbocycles. The van der Waals surface area contributed by atoms with Crippen LogP contribution in [0.2, 0.25) is 5.02 Å². The Morgan fingerprint density at radius 3 is 2.52 bits per heavy atom. The second-order valence-electron chi connectivity index (χ2n) is 4.59. The van der Waals surface area contributed by atoms with Gasteiger partial charge in [0.1, 0.15) is 5.82 Å². The maximum absolute atomic E-state index is 13.3. The van der Waals surface area contributed by atoms with Crippen molar-refractivity contribution in [3.63, 3.8) is 0 Å². The van der Waals surface area contributed by atoms with Crippen LogP contribution in [0.25, 0.3) is 0 Å². The molecule has 0 fully saturated rings. The molecule has 0 radical (unpaired) electrons. The van der Waals surface area contributed by atoms with Crippen molar-refractivity contribution >= 4 is 33.0 Å². The highest BCUT2D eigenvalue weighted by molar-refractivity contribution is 7.92. The Labute approximate surface area is 128 Å². The smallest absolute Gasteiger partial charge is 0.264 e. The Kier molecular flexibility index (Phi) is 4.11. The summed E-state index contributed by atoms with van der Waals surface area (Å²) in [6.07, 6.45) is 0. The average molecular weight is 329 g/mol. The molecule has 2 aromatic rings. The minimum atomic E-state index is -3.85. The van der Waals surface area contributed by atoms with Crippen molar-refractivity contribution < 1.29 is 12.8 Å². The van der Waals surface area contributed by atoms with E-state index in [0.717, 1.165) is 10.4 Å². The molecular weight excluding hydrogens is 315 g/mol. The minimum Gasteiger partial charge on any atom is -0.397 e. The lowest BCUT2D eigenvalue weighted by molar-refractivity contribution is 0.593. The molecule has 0 heterocycles. The molecule has 0 spiro atoms. The zero-order valence-corrected chi connectivity index (χ0v) is 13.0. The Bertz CT molecular complexity index is 794. The van der Waals surface area contributed by atoms with Gasteiger partial charge < -0.3 is 5.73 Å². The normalized spacial score (nSPS) is 11.4. The highest BCUT2D eigenvalue weighted by Crippen LogP contribution is 2.30. The number of halogens is 2. The maximum Gasteiger partial charge on any atom is 0.264 e. The summed E-state index contributed by atoms with van der Waals surface area (Å²) in [5.74, 6) is -0.512. The first kappa shape index (κ1) is 15.6. The Morgan fingerprint density at radius 1 is 1.24 bits per heavy atom. The predicted octanol–water partition coefficient (Wildman–Crippen LogP) is 3.19. The molecule has 2 N–H and O–H groups in total. The van der Waals surface area contributed by atoms with Gasteiger partial charge in [-0.3, -0.25) is 4.31 Å². The maximum atomic E-state index is 13.3. The molecule has 2 rings (SSSR count). The van der Waals surface area contributed by atoms with Crippen LogP contribution in [-0.4, -0.2) is 15.5 Å². The topological polar surface area (TPSA) is 63.4 Å². The third-order valence-corrected chi connectivity index (χ3v) is 5.36. The van der Waals surface area contributed by atoms with E-state index in [1.54, 1.807) is 6.92 Å². The van der Waals surface area contributed by atoms with Crippen molar-refractivity contribution in [2.24, 2.45) is 0 Å². The van der Waals surface area contributed by atoms with Crippen molar-refractivity contribution in [3.8, 4) is 0 Å². The molecule has 0 unspecified atom stereocenters. The number of nitrogen functional groups attached to an aromatic ring is 1. The van der Waals surface area contributed by atoms with Crippen LogP contribution in [0.5, 0.6) is 0 Å². The monoisotopic (exact) mass is 328 g/mol. The summed E-state index contributed by atoms with van der Waals surface area (Å²) in [6, 6.07) is 8.14. The molecule has 21 heavy (non-hydrogen) atoms. The number of sulfonamides is 1. The first-order valence-electron chi connectivity index (χ1n) is 6.03. The number of anilines is 2. The van der Waals surface area contributed by atoms with E-state index in [2.05, 4.69) is 0 Å². The van der Waals surface area contributed by atoms with Gasteiger partial charge in [-0.25, -0.2) is 12.8 Å². The molecule has 112 valence electrons. The van der Waals surface area contributed by atoms with Crippen LogP contribution in [0.4, 0.5) is 15.8 Å². The number of nitrogens with two attached hydrogens (primary N) is 1. The summed E-state index contributed by atoms with van der Waals surface area (Å²) >= 11 is 5.87. The van der Waals surface area contributed by atoms with Gasteiger partial charge in [-0.1, -0.05) is 17.7 Å². The minimum absolute atomic E-state index is 0.0381. The highest BCUT2D eigenvalue weighted by Gasteiger charge is 2.24. The van der Waals surface area contributed by atoms with Gasteiger partial charge in [0, 0.05) is 7.05 Å². The fourth-order valence-corrected chi connectivity index (χ4v) is 3.55. The zero-order chi connectivity index (χ0) is 15.8. The first-order chi connectivity index (χ1) is 9.73. The number of hydrogen-bond donors (Lipinski definition) is 1. The van der Waals surface area contributed by atoms with E-state index in [4.69, 9.17) is 17.3 Å². The molecule has 0 bridgehead atoms. The van der Waals surface area contributed by atoms with Crippen LogP contribution >= 0.6 is 11.6 Å². The van der Waals surface area contributed by atoms with E-state index in [9.17, 15) is 12.8 Å². The predicted molar refractivity (Wildman–Crippen MR) is 82.6 cm³/mol. The first-order valence-corrected chi connectivity index (χ1v) is 7.85. The van der Waals surface area contributed by atoms with Crippen molar-refractivity contribution in [2.75, 3.05) is 17.1 Å². The highest BCUT2D eigenvalue weighted by atomic mass is 35.5. The van der Waals surface area contributed by atoms with Crippen molar-refractivity contribution in [1.82, 2.24) is 0 Å². The van der Waals surface area contributed by atoms with E-state index in [0.29, 0.717) is 10.6 Å². The van der Waals surface area contributed by atoms with Gasteiger partial charge in [-0.2, -0.15) is 0 Å². The molecule has 7 heteroatoms. The SMILES string of the molecule is Cc1cc(Cl)c(N)cc1S(=O)(=O)N(C)c1cccc(F)c1. The largest absolute Gasteiger partial charge is 0.397 e. The van der Waals surface area contributed by atoms with Crippen LogP contribution in [0.1, 0.15) is 5.56 Å². The molecule has 0 aromatic heterocycles. The fraction of sp³-hybridized carbons (Fsp3) is 0.143. The molecule has 0 atom stereocenters. The lowest BCUT2D eigenvalue weighted by atomic mass is 10.2. The summed E-state index contributed by atoms with van der Waals surface area (Å²) in [6.45, 7) is 1.62. The summed E-state index contributed by atoms with van der Waals surface area (Å²) in [5, 5.41) is 0.292. The van der Waals surface area contributed by atoms with Crippen LogP contribution in [-0.2, 0) is 10.0 Å². The summed E-state index contributed by atoms with van der Waals surface area (Å²) in [7, 11) is -2.50. The Hall–Kier alpha value is -1.79.